The first kappa shape index (κ1) is 16.4. The van der Waals surface area contributed by atoms with Gasteiger partial charge in [-0.05, 0) is 49.4 Å². The minimum absolute atomic E-state index is 0.224. The zero-order valence-corrected chi connectivity index (χ0v) is 13.4. The van der Waals surface area contributed by atoms with Crippen LogP contribution < -0.4 is 0 Å². The number of hydrogen-bond donors (Lipinski definition) is 1. The molecule has 1 heterocycles. The Hall–Kier alpha value is -1.99. The molecule has 1 amide bonds. The minimum Gasteiger partial charge on any atom is -0.389 e. The average molecular weight is 324 g/mol. The zero-order valence-electron chi connectivity index (χ0n) is 12.7. The first-order valence-electron chi connectivity index (χ1n) is 6.86. The summed E-state index contributed by atoms with van der Waals surface area (Å²) >= 11 is 6.22. The smallest absolute Gasteiger partial charge is 0.255 e. The van der Waals surface area contributed by atoms with Crippen molar-refractivity contribution >= 4 is 17.5 Å². The number of halogens is 1. The van der Waals surface area contributed by atoms with Crippen LogP contribution in [-0.4, -0.2) is 54.8 Å². The highest BCUT2D eigenvalue weighted by Crippen LogP contribution is 2.22. The quantitative estimate of drug-likeness (QED) is 0.902. The Bertz CT molecular complexity index is 652. The molecule has 0 atom stereocenters. The molecule has 118 valence electrons. The van der Waals surface area contributed by atoms with Crippen molar-refractivity contribution in [3.8, 4) is 5.69 Å². The SMILES string of the molecule is CCN(CC(C)(C)O)C(=O)c1ccc(-n2cnnn2)cc1Cl. The lowest BCUT2D eigenvalue weighted by Crippen LogP contribution is -2.42. The second-order valence-corrected chi connectivity index (χ2v) is 5.96. The third-order valence-electron chi connectivity index (χ3n) is 3.04. The number of nitrogens with zero attached hydrogens (tertiary/aromatic N) is 5. The van der Waals surface area contributed by atoms with Gasteiger partial charge < -0.3 is 10.0 Å². The maximum Gasteiger partial charge on any atom is 0.255 e. The second-order valence-electron chi connectivity index (χ2n) is 5.55. The summed E-state index contributed by atoms with van der Waals surface area (Å²) in [7, 11) is 0. The number of aromatic nitrogens is 4. The molecular formula is C14H18ClN5O2. The van der Waals surface area contributed by atoms with Crippen LogP contribution in [0.1, 0.15) is 31.1 Å². The Morgan fingerprint density at radius 1 is 1.45 bits per heavy atom. The van der Waals surface area contributed by atoms with Gasteiger partial charge in [0.25, 0.3) is 5.91 Å². The van der Waals surface area contributed by atoms with Gasteiger partial charge in [-0.25, -0.2) is 4.68 Å². The molecule has 8 heteroatoms. The minimum atomic E-state index is -0.968. The number of aliphatic hydroxyl groups is 1. The maximum absolute atomic E-state index is 12.6. The van der Waals surface area contributed by atoms with E-state index in [0.717, 1.165) is 0 Å². The molecule has 0 unspecified atom stereocenters. The van der Waals surface area contributed by atoms with E-state index >= 15 is 0 Å². The summed E-state index contributed by atoms with van der Waals surface area (Å²) in [5.41, 5.74) is 0.0754. The lowest BCUT2D eigenvalue weighted by molar-refractivity contribution is 0.0315. The maximum atomic E-state index is 12.6. The Morgan fingerprint density at radius 2 is 2.18 bits per heavy atom. The van der Waals surface area contributed by atoms with Crippen LogP contribution in [0.25, 0.3) is 5.69 Å². The van der Waals surface area contributed by atoms with Gasteiger partial charge in [0.15, 0.2) is 0 Å². The van der Waals surface area contributed by atoms with Crippen LogP contribution >= 0.6 is 11.6 Å². The molecule has 2 aromatic rings. The van der Waals surface area contributed by atoms with Crippen molar-refractivity contribution in [2.45, 2.75) is 26.4 Å². The molecule has 0 aliphatic carbocycles. The summed E-state index contributed by atoms with van der Waals surface area (Å²) < 4.78 is 1.45. The molecule has 0 spiro atoms. The molecule has 0 aliphatic rings. The second kappa shape index (κ2) is 6.41. The van der Waals surface area contributed by atoms with Crippen LogP contribution in [0, 0.1) is 0 Å². The fourth-order valence-corrected chi connectivity index (χ4v) is 2.32. The standard InChI is InChI=1S/C14H18ClN5O2/c1-4-19(8-14(2,3)22)13(21)11-6-5-10(7-12(11)15)20-9-16-17-18-20/h5-7,9,22H,4,8H2,1-3H3. The van der Waals surface area contributed by atoms with E-state index in [1.807, 2.05) is 6.92 Å². The molecule has 1 aromatic heterocycles. The van der Waals surface area contributed by atoms with E-state index in [1.165, 1.54) is 11.0 Å². The molecule has 0 fully saturated rings. The molecule has 7 nitrogen and oxygen atoms in total. The summed E-state index contributed by atoms with van der Waals surface area (Å²) in [6.45, 7) is 5.88. The highest BCUT2D eigenvalue weighted by molar-refractivity contribution is 6.34. The van der Waals surface area contributed by atoms with E-state index in [9.17, 15) is 9.90 Å². The lowest BCUT2D eigenvalue weighted by Gasteiger charge is -2.28. The number of carbonyl (C=O) groups is 1. The summed E-state index contributed by atoms with van der Waals surface area (Å²) in [6, 6.07) is 4.98. The molecule has 2 rings (SSSR count). The summed E-state index contributed by atoms with van der Waals surface area (Å²) in [5.74, 6) is -0.224. The van der Waals surface area contributed by atoms with Gasteiger partial charge in [0.05, 0.1) is 21.9 Å². The van der Waals surface area contributed by atoms with Crippen LogP contribution in [0.4, 0.5) is 0 Å². The number of carbonyl (C=O) groups excluding carboxylic acids is 1. The normalized spacial score (nSPS) is 11.5. The van der Waals surface area contributed by atoms with E-state index in [-0.39, 0.29) is 12.5 Å². The van der Waals surface area contributed by atoms with Crippen LogP contribution in [0.15, 0.2) is 24.5 Å². The molecule has 0 radical (unpaired) electrons. The van der Waals surface area contributed by atoms with Crippen molar-refractivity contribution < 1.29 is 9.90 Å². The van der Waals surface area contributed by atoms with Gasteiger partial charge in [-0.15, -0.1) is 5.10 Å². The molecule has 0 bridgehead atoms. The van der Waals surface area contributed by atoms with Crippen LogP contribution in [0.3, 0.4) is 0 Å². The molecule has 1 N–H and O–H groups in total. The molecule has 0 saturated carbocycles. The van der Waals surface area contributed by atoms with Crippen LogP contribution in [-0.2, 0) is 0 Å². The molecule has 0 aliphatic heterocycles. The Kier molecular flexibility index (Phi) is 4.77. The monoisotopic (exact) mass is 323 g/mol. The Morgan fingerprint density at radius 3 is 2.68 bits per heavy atom. The molecule has 1 aromatic carbocycles. The van der Waals surface area contributed by atoms with Crippen molar-refractivity contribution in [2.75, 3.05) is 13.1 Å². The van der Waals surface area contributed by atoms with E-state index in [0.29, 0.717) is 22.8 Å². The molecule has 0 saturated heterocycles. The zero-order chi connectivity index (χ0) is 16.3. The average Bonchev–Trinajstić information content (AvgIpc) is 2.97. The predicted octanol–water partition coefficient (Wildman–Crippen LogP) is 1.55. The number of rotatable bonds is 5. The Labute approximate surface area is 133 Å². The van der Waals surface area contributed by atoms with Crippen molar-refractivity contribution in [1.29, 1.82) is 0 Å². The topological polar surface area (TPSA) is 84.1 Å². The van der Waals surface area contributed by atoms with Gasteiger partial charge in [-0.3, -0.25) is 4.79 Å². The van der Waals surface area contributed by atoms with Gasteiger partial charge in [-0.2, -0.15) is 0 Å². The van der Waals surface area contributed by atoms with E-state index < -0.39 is 5.60 Å². The largest absolute Gasteiger partial charge is 0.389 e. The van der Waals surface area contributed by atoms with E-state index in [1.54, 1.807) is 36.9 Å². The highest BCUT2D eigenvalue weighted by Gasteiger charge is 2.23. The highest BCUT2D eigenvalue weighted by atomic mass is 35.5. The van der Waals surface area contributed by atoms with Gasteiger partial charge >= 0.3 is 0 Å². The number of amides is 1. The van der Waals surface area contributed by atoms with Crippen LogP contribution in [0.5, 0.6) is 0 Å². The van der Waals surface area contributed by atoms with Crippen molar-refractivity contribution in [2.24, 2.45) is 0 Å². The lowest BCUT2D eigenvalue weighted by atomic mass is 10.1. The number of hydrogen-bond acceptors (Lipinski definition) is 5. The van der Waals surface area contributed by atoms with Gasteiger partial charge in [-0.1, -0.05) is 11.6 Å². The van der Waals surface area contributed by atoms with Gasteiger partial charge in [0.2, 0.25) is 0 Å². The molecular weight excluding hydrogens is 306 g/mol. The fraction of sp³-hybridized carbons (Fsp3) is 0.429. The van der Waals surface area contributed by atoms with Gasteiger partial charge in [0, 0.05) is 13.1 Å². The van der Waals surface area contributed by atoms with Gasteiger partial charge in [0.1, 0.15) is 6.33 Å². The van der Waals surface area contributed by atoms with E-state index in [2.05, 4.69) is 15.5 Å². The predicted molar refractivity (Wildman–Crippen MR) is 82.0 cm³/mol. The summed E-state index contributed by atoms with van der Waals surface area (Å²) in [6.07, 6.45) is 1.44. The summed E-state index contributed by atoms with van der Waals surface area (Å²) in [5, 5.41) is 21.1. The first-order chi connectivity index (χ1) is 10.3. The third-order valence-corrected chi connectivity index (χ3v) is 3.36. The Balaban J connectivity index is 2.26. The molecule has 22 heavy (non-hydrogen) atoms. The number of likely N-dealkylation sites (N-methyl/N-ethyl adjacent to an activating group) is 1. The van der Waals surface area contributed by atoms with Crippen LogP contribution in [0.2, 0.25) is 5.02 Å². The fourth-order valence-electron chi connectivity index (χ4n) is 2.06. The third kappa shape index (κ3) is 3.80. The van der Waals surface area contributed by atoms with Crippen molar-refractivity contribution in [3.63, 3.8) is 0 Å². The van der Waals surface area contributed by atoms with Crippen molar-refractivity contribution in [1.82, 2.24) is 25.1 Å². The summed E-state index contributed by atoms with van der Waals surface area (Å²) in [4.78, 5) is 14.1. The van der Waals surface area contributed by atoms with E-state index in [4.69, 9.17) is 11.6 Å². The number of benzene rings is 1. The first-order valence-corrected chi connectivity index (χ1v) is 7.24. The van der Waals surface area contributed by atoms with Crippen molar-refractivity contribution in [3.05, 3.63) is 35.1 Å². The number of tetrazole rings is 1.